The molecule has 1 saturated heterocycles. The minimum atomic E-state index is -4.36. The summed E-state index contributed by atoms with van der Waals surface area (Å²) in [7, 11) is 0. The van der Waals surface area contributed by atoms with Gasteiger partial charge in [0, 0.05) is 32.4 Å². The molecule has 2 heterocycles. The van der Waals surface area contributed by atoms with Crippen LogP contribution in [-0.4, -0.2) is 42.5 Å². The molecule has 0 radical (unpaired) electrons. The van der Waals surface area contributed by atoms with Gasteiger partial charge in [0.15, 0.2) is 0 Å². The van der Waals surface area contributed by atoms with Crippen LogP contribution in [-0.2, 0) is 11.0 Å². The summed E-state index contributed by atoms with van der Waals surface area (Å²) in [6, 6.07) is 1.99. The molecule has 0 unspecified atom stereocenters. The third-order valence-corrected chi connectivity index (χ3v) is 2.86. The standard InChI is InChI=1S/C11H12F3N3O/c12-11(13,14)9-1-2-15-10(7-9)17-5-3-16(8-18)4-6-17/h1-2,7-8H,3-6H2. The molecule has 0 saturated carbocycles. The van der Waals surface area contributed by atoms with Crippen LogP contribution in [0, 0.1) is 0 Å². The molecule has 1 aliphatic rings. The Morgan fingerprint density at radius 2 is 1.89 bits per heavy atom. The fourth-order valence-electron chi connectivity index (χ4n) is 1.82. The second kappa shape index (κ2) is 4.83. The molecular formula is C11H12F3N3O. The van der Waals surface area contributed by atoms with Gasteiger partial charge in [0.05, 0.1) is 5.56 Å². The van der Waals surface area contributed by atoms with Crippen LogP contribution in [0.2, 0.25) is 0 Å². The molecule has 18 heavy (non-hydrogen) atoms. The number of anilines is 1. The first-order valence-corrected chi connectivity index (χ1v) is 5.48. The number of rotatable bonds is 2. The Morgan fingerprint density at radius 1 is 1.22 bits per heavy atom. The smallest absolute Gasteiger partial charge is 0.353 e. The molecule has 1 aromatic rings. The van der Waals surface area contributed by atoms with E-state index in [2.05, 4.69) is 4.98 Å². The maximum atomic E-state index is 12.6. The van der Waals surface area contributed by atoms with E-state index < -0.39 is 11.7 Å². The maximum absolute atomic E-state index is 12.6. The predicted molar refractivity (Wildman–Crippen MR) is 59.1 cm³/mol. The van der Waals surface area contributed by atoms with Crippen molar-refractivity contribution >= 4 is 12.2 Å². The summed E-state index contributed by atoms with van der Waals surface area (Å²) in [4.78, 5) is 17.8. The molecule has 4 nitrogen and oxygen atoms in total. The van der Waals surface area contributed by atoms with Crippen LogP contribution in [0.1, 0.15) is 5.56 Å². The summed E-state index contributed by atoms with van der Waals surface area (Å²) in [5.41, 5.74) is -0.703. The van der Waals surface area contributed by atoms with Crippen molar-refractivity contribution < 1.29 is 18.0 Å². The zero-order valence-electron chi connectivity index (χ0n) is 9.52. The van der Waals surface area contributed by atoms with Gasteiger partial charge in [-0.2, -0.15) is 13.2 Å². The van der Waals surface area contributed by atoms with E-state index in [4.69, 9.17) is 0 Å². The van der Waals surface area contributed by atoms with Crippen molar-refractivity contribution in [1.82, 2.24) is 9.88 Å². The van der Waals surface area contributed by atoms with E-state index in [0.717, 1.165) is 24.7 Å². The molecule has 0 spiro atoms. The molecule has 1 amide bonds. The van der Waals surface area contributed by atoms with Gasteiger partial charge in [0.2, 0.25) is 6.41 Å². The third-order valence-electron chi connectivity index (χ3n) is 2.86. The third kappa shape index (κ3) is 2.72. The number of hydrogen-bond acceptors (Lipinski definition) is 3. The van der Waals surface area contributed by atoms with E-state index in [1.54, 1.807) is 9.80 Å². The van der Waals surface area contributed by atoms with Crippen molar-refractivity contribution in [2.45, 2.75) is 6.18 Å². The van der Waals surface area contributed by atoms with E-state index in [-0.39, 0.29) is 0 Å². The summed E-state index contributed by atoms with van der Waals surface area (Å²) in [6.07, 6.45) is -2.45. The van der Waals surface area contributed by atoms with Crippen LogP contribution in [0.5, 0.6) is 0 Å². The Labute approximate surface area is 102 Å². The highest BCUT2D eigenvalue weighted by Crippen LogP contribution is 2.30. The molecule has 7 heteroatoms. The van der Waals surface area contributed by atoms with E-state index in [1.165, 1.54) is 0 Å². The predicted octanol–water partition coefficient (Wildman–Crippen LogP) is 1.38. The van der Waals surface area contributed by atoms with Crippen LogP contribution >= 0.6 is 0 Å². The van der Waals surface area contributed by atoms with Gasteiger partial charge in [0.25, 0.3) is 0 Å². The summed E-state index contributed by atoms with van der Waals surface area (Å²) >= 11 is 0. The van der Waals surface area contributed by atoms with Gasteiger partial charge >= 0.3 is 6.18 Å². The average Bonchev–Trinajstić information content (AvgIpc) is 2.38. The molecule has 0 N–H and O–H groups in total. The topological polar surface area (TPSA) is 36.4 Å². The lowest BCUT2D eigenvalue weighted by Gasteiger charge is -2.33. The monoisotopic (exact) mass is 259 g/mol. The van der Waals surface area contributed by atoms with Gasteiger partial charge in [-0.05, 0) is 12.1 Å². The average molecular weight is 259 g/mol. The Kier molecular flexibility index (Phi) is 3.40. The molecule has 0 aliphatic carbocycles. The number of piperazine rings is 1. The normalized spacial score (nSPS) is 16.8. The zero-order chi connectivity index (χ0) is 13.2. The zero-order valence-corrected chi connectivity index (χ0v) is 9.52. The van der Waals surface area contributed by atoms with Crippen molar-refractivity contribution in [3.8, 4) is 0 Å². The summed E-state index contributed by atoms with van der Waals surface area (Å²) in [6.45, 7) is 1.99. The highest BCUT2D eigenvalue weighted by Gasteiger charge is 2.31. The first kappa shape index (κ1) is 12.7. The van der Waals surface area contributed by atoms with Crippen LogP contribution in [0.25, 0.3) is 0 Å². The number of pyridine rings is 1. The van der Waals surface area contributed by atoms with E-state index in [0.29, 0.717) is 32.0 Å². The largest absolute Gasteiger partial charge is 0.416 e. The minimum absolute atomic E-state index is 0.301. The highest BCUT2D eigenvalue weighted by atomic mass is 19.4. The lowest BCUT2D eigenvalue weighted by molar-refractivity contribution is -0.137. The van der Waals surface area contributed by atoms with Crippen LogP contribution < -0.4 is 4.90 Å². The van der Waals surface area contributed by atoms with Gasteiger partial charge in [-0.15, -0.1) is 0 Å². The minimum Gasteiger partial charge on any atom is -0.353 e. The molecule has 0 aromatic carbocycles. The van der Waals surface area contributed by atoms with Crippen LogP contribution in [0.15, 0.2) is 18.3 Å². The molecule has 2 rings (SSSR count). The Balaban J connectivity index is 2.12. The number of alkyl halides is 3. The molecule has 1 aliphatic heterocycles. The Hall–Kier alpha value is -1.79. The molecule has 98 valence electrons. The molecule has 0 atom stereocenters. The lowest BCUT2D eigenvalue weighted by Crippen LogP contribution is -2.46. The maximum Gasteiger partial charge on any atom is 0.416 e. The van der Waals surface area contributed by atoms with Gasteiger partial charge in [-0.3, -0.25) is 4.79 Å². The first-order chi connectivity index (χ1) is 8.50. The second-order valence-electron chi connectivity index (χ2n) is 4.03. The fraction of sp³-hybridized carbons (Fsp3) is 0.455. The van der Waals surface area contributed by atoms with Crippen LogP contribution in [0.4, 0.5) is 19.0 Å². The summed E-state index contributed by atoms with van der Waals surface area (Å²) < 4.78 is 37.7. The number of halogens is 3. The van der Waals surface area contributed by atoms with Crippen molar-refractivity contribution in [3.63, 3.8) is 0 Å². The number of aromatic nitrogens is 1. The molecular weight excluding hydrogens is 247 g/mol. The molecule has 1 fully saturated rings. The Morgan fingerprint density at radius 3 is 2.44 bits per heavy atom. The number of carbonyl (C=O) groups excluding carboxylic acids is 1. The van der Waals surface area contributed by atoms with E-state index in [9.17, 15) is 18.0 Å². The Bertz CT molecular complexity index is 428. The number of hydrogen-bond donors (Lipinski definition) is 0. The van der Waals surface area contributed by atoms with E-state index in [1.807, 2.05) is 0 Å². The summed E-state index contributed by atoms with van der Waals surface area (Å²) in [5.74, 6) is 0.301. The molecule has 0 bridgehead atoms. The van der Waals surface area contributed by atoms with Crippen molar-refractivity contribution in [1.29, 1.82) is 0 Å². The summed E-state index contributed by atoms with van der Waals surface area (Å²) in [5, 5.41) is 0. The number of amides is 1. The number of carbonyl (C=O) groups is 1. The van der Waals surface area contributed by atoms with Crippen molar-refractivity contribution in [2.75, 3.05) is 31.1 Å². The van der Waals surface area contributed by atoms with Crippen molar-refractivity contribution in [3.05, 3.63) is 23.9 Å². The van der Waals surface area contributed by atoms with E-state index >= 15 is 0 Å². The van der Waals surface area contributed by atoms with Crippen LogP contribution in [0.3, 0.4) is 0 Å². The molecule has 1 aromatic heterocycles. The van der Waals surface area contributed by atoms with Crippen molar-refractivity contribution in [2.24, 2.45) is 0 Å². The highest BCUT2D eigenvalue weighted by molar-refractivity contribution is 5.49. The SMILES string of the molecule is O=CN1CCN(c2cc(C(F)(F)F)ccn2)CC1. The number of nitrogens with zero attached hydrogens (tertiary/aromatic N) is 3. The second-order valence-corrected chi connectivity index (χ2v) is 4.03. The van der Waals surface area contributed by atoms with Gasteiger partial charge in [-0.25, -0.2) is 4.98 Å². The fourth-order valence-corrected chi connectivity index (χ4v) is 1.82. The lowest BCUT2D eigenvalue weighted by atomic mass is 10.2. The van der Waals surface area contributed by atoms with Gasteiger partial charge in [-0.1, -0.05) is 0 Å². The first-order valence-electron chi connectivity index (χ1n) is 5.48. The van der Waals surface area contributed by atoms with Gasteiger partial charge in [0.1, 0.15) is 5.82 Å². The quantitative estimate of drug-likeness (QED) is 0.753. The van der Waals surface area contributed by atoms with Gasteiger partial charge < -0.3 is 9.80 Å².